The first kappa shape index (κ1) is 22.3. The first-order chi connectivity index (χ1) is 12.5. The maximum atomic E-state index is 12.9. The molecule has 26 heavy (non-hydrogen) atoms. The highest BCUT2D eigenvalue weighted by Crippen LogP contribution is 2.21. The number of carbonyl (C=O) groups excluding carboxylic acids is 2. The SMILES string of the molecule is C=CCSNC(=O)N(C(=N)OC1CCCCC1)C(=O)N(CCC)CCC. The van der Waals surface area contributed by atoms with E-state index < -0.39 is 18.1 Å². The van der Waals surface area contributed by atoms with Crippen LogP contribution in [-0.4, -0.2) is 52.8 Å². The zero-order chi connectivity index (χ0) is 19.4. The van der Waals surface area contributed by atoms with Crippen molar-refractivity contribution in [1.82, 2.24) is 14.5 Å². The molecule has 0 unspecified atom stereocenters. The Hall–Kier alpha value is -1.70. The fraction of sp³-hybridized carbons (Fsp3) is 0.722. The summed E-state index contributed by atoms with van der Waals surface area (Å²) >= 11 is 1.13. The lowest BCUT2D eigenvalue weighted by molar-refractivity contribution is 0.112. The number of imide groups is 1. The molecule has 0 radical (unpaired) electrons. The average Bonchev–Trinajstić information content (AvgIpc) is 2.62. The molecule has 1 saturated carbocycles. The molecule has 0 aromatic carbocycles. The number of urea groups is 2. The van der Waals surface area contributed by atoms with E-state index in [1.807, 2.05) is 13.8 Å². The van der Waals surface area contributed by atoms with Crippen LogP contribution in [0.3, 0.4) is 0 Å². The highest BCUT2D eigenvalue weighted by Gasteiger charge is 2.32. The Labute approximate surface area is 161 Å². The highest BCUT2D eigenvalue weighted by molar-refractivity contribution is 7.98. The standard InChI is InChI=1S/C18H32N4O3S/c1-4-12-21(13-5-2)18(24)22(17(23)20-26-14-6-3)16(19)25-15-10-8-7-9-11-15/h6,15,19H,3-5,7-14H2,1-2H3,(H,20,23). The second-order valence-corrected chi connectivity index (χ2v) is 7.12. The molecule has 0 spiro atoms. The third-order valence-corrected chi connectivity index (χ3v) is 4.77. The van der Waals surface area contributed by atoms with Crippen LogP contribution in [0.1, 0.15) is 58.8 Å². The number of hydrogen-bond acceptors (Lipinski definition) is 5. The van der Waals surface area contributed by atoms with Crippen LogP contribution in [0.5, 0.6) is 0 Å². The average molecular weight is 385 g/mol. The van der Waals surface area contributed by atoms with Crippen molar-refractivity contribution in [3.05, 3.63) is 12.7 Å². The van der Waals surface area contributed by atoms with Gasteiger partial charge in [0.05, 0.1) is 0 Å². The lowest BCUT2D eigenvalue weighted by atomic mass is 9.98. The molecule has 0 aromatic rings. The second-order valence-electron chi connectivity index (χ2n) is 6.29. The van der Waals surface area contributed by atoms with Crippen molar-refractivity contribution in [2.45, 2.75) is 64.9 Å². The summed E-state index contributed by atoms with van der Waals surface area (Å²) in [6.45, 7) is 8.62. The zero-order valence-corrected chi connectivity index (χ0v) is 16.8. The summed E-state index contributed by atoms with van der Waals surface area (Å²) in [5, 5.41) is 8.25. The summed E-state index contributed by atoms with van der Waals surface area (Å²) in [4.78, 5) is 27.9. The molecule has 4 amide bonds. The van der Waals surface area contributed by atoms with Crippen LogP contribution in [0.15, 0.2) is 12.7 Å². The van der Waals surface area contributed by atoms with Crippen LogP contribution < -0.4 is 4.72 Å². The number of amidine groups is 1. The maximum Gasteiger partial charge on any atom is 0.343 e. The Kier molecular flexibility index (Phi) is 10.8. The Morgan fingerprint density at radius 1 is 1.23 bits per heavy atom. The van der Waals surface area contributed by atoms with Crippen LogP contribution in [0.4, 0.5) is 9.59 Å². The lowest BCUT2D eigenvalue weighted by Crippen LogP contribution is -2.53. The molecule has 2 N–H and O–H groups in total. The van der Waals surface area contributed by atoms with Crippen molar-refractivity contribution in [2.24, 2.45) is 0 Å². The van der Waals surface area contributed by atoms with Crippen LogP contribution in [0, 0.1) is 5.41 Å². The van der Waals surface area contributed by atoms with Crippen LogP contribution >= 0.6 is 11.9 Å². The monoisotopic (exact) mass is 384 g/mol. The van der Waals surface area contributed by atoms with E-state index in [4.69, 9.17) is 10.1 Å². The number of carbonyl (C=O) groups is 2. The first-order valence-electron chi connectivity index (χ1n) is 9.41. The molecule has 1 aliphatic carbocycles. The summed E-state index contributed by atoms with van der Waals surface area (Å²) < 4.78 is 8.27. The van der Waals surface area contributed by atoms with Gasteiger partial charge >= 0.3 is 18.1 Å². The fourth-order valence-corrected chi connectivity index (χ4v) is 3.27. The van der Waals surface area contributed by atoms with Gasteiger partial charge in [0.2, 0.25) is 0 Å². The van der Waals surface area contributed by atoms with Crippen LogP contribution in [0.2, 0.25) is 0 Å². The second kappa shape index (κ2) is 12.6. The molecule has 1 aliphatic rings. The van der Waals surface area contributed by atoms with E-state index >= 15 is 0 Å². The molecule has 0 aliphatic heterocycles. The highest BCUT2D eigenvalue weighted by atomic mass is 32.2. The molecule has 0 heterocycles. The summed E-state index contributed by atoms with van der Waals surface area (Å²) in [5.41, 5.74) is 0. The van der Waals surface area contributed by atoms with Gasteiger partial charge in [-0.25, -0.2) is 9.59 Å². The van der Waals surface area contributed by atoms with Gasteiger partial charge < -0.3 is 9.64 Å². The molecule has 7 nitrogen and oxygen atoms in total. The van der Waals surface area contributed by atoms with Gasteiger partial charge in [0.1, 0.15) is 6.10 Å². The molecule has 148 valence electrons. The molecule has 0 atom stereocenters. The van der Waals surface area contributed by atoms with E-state index in [1.54, 1.807) is 11.0 Å². The number of rotatable bonds is 8. The Bertz CT molecular complexity index is 475. The molecule has 0 aromatic heterocycles. The fourth-order valence-electron chi connectivity index (χ4n) is 2.85. The van der Waals surface area contributed by atoms with Crippen molar-refractivity contribution < 1.29 is 14.3 Å². The van der Waals surface area contributed by atoms with E-state index in [9.17, 15) is 9.59 Å². The minimum Gasteiger partial charge on any atom is -0.461 e. The van der Waals surface area contributed by atoms with E-state index in [1.165, 1.54) is 0 Å². The Morgan fingerprint density at radius 3 is 2.38 bits per heavy atom. The number of nitrogens with zero attached hydrogens (tertiary/aromatic N) is 2. The number of hydrogen-bond donors (Lipinski definition) is 2. The third-order valence-electron chi connectivity index (χ3n) is 4.05. The lowest BCUT2D eigenvalue weighted by Gasteiger charge is -2.31. The van der Waals surface area contributed by atoms with Crippen molar-refractivity contribution in [1.29, 1.82) is 5.41 Å². The third kappa shape index (κ3) is 7.27. The van der Waals surface area contributed by atoms with Gasteiger partial charge in [-0.05, 0) is 50.5 Å². The summed E-state index contributed by atoms with van der Waals surface area (Å²) in [5.74, 6) is 0.512. The van der Waals surface area contributed by atoms with Gasteiger partial charge in [-0.15, -0.1) is 6.58 Å². The van der Waals surface area contributed by atoms with Crippen LogP contribution in [-0.2, 0) is 4.74 Å². The van der Waals surface area contributed by atoms with Gasteiger partial charge in [-0.2, -0.15) is 4.90 Å². The number of ether oxygens (including phenoxy) is 1. The van der Waals surface area contributed by atoms with E-state index in [0.717, 1.165) is 61.8 Å². The Morgan fingerprint density at radius 2 is 1.85 bits per heavy atom. The van der Waals surface area contributed by atoms with Gasteiger partial charge in [0.15, 0.2) is 0 Å². The molecule has 1 rings (SSSR count). The molecular weight excluding hydrogens is 352 g/mol. The molecule has 0 saturated heterocycles. The smallest absolute Gasteiger partial charge is 0.343 e. The normalized spacial score (nSPS) is 14.4. The largest absolute Gasteiger partial charge is 0.461 e. The van der Waals surface area contributed by atoms with Crippen molar-refractivity contribution >= 4 is 30.0 Å². The van der Waals surface area contributed by atoms with Gasteiger partial charge in [-0.1, -0.05) is 26.3 Å². The minimum absolute atomic E-state index is 0.106. The predicted octanol–water partition coefficient (Wildman–Crippen LogP) is 4.36. The summed E-state index contributed by atoms with van der Waals surface area (Å²) in [6, 6.07) is -1.55. The number of amides is 4. The van der Waals surface area contributed by atoms with Crippen molar-refractivity contribution in [2.75, 3.05) is 18.8 Å². The summed E-state index contributed by atoms with van der Waals surface area (Å²) in [6.07, 6.45) is 8.07. The van der Waals surface area contributed by atoms with Crippen molar-refractivity contribution in [3.63, 3.8) is 0 Å². The van der Waals surface area contributed by atoms with Crippen LogP contribution in [0.25, 0.3) is 0 Å². The predicted molar refractivity (Wildman–Crippen MR) is 106 cm³/mol. The maximum absolute atomic E-state index is 12.9. The minimum atomic E-state index is -0.653. The van der Waals surface area contributed by atoms with Gasteiger partial charge in [-0.3, -0.25) is 10.1 Å². The van der Waals surface area contributed by atoms with Gasteiger partial charge in [0, 0.05) is 18.8 Å². The van der Waals surface area contributed by atoms with E-state index in [-0.39, 0.29) is 6.10 Å². The number of nitrogens with one attached hydrogen (secondary N) is 2. The molecular formula is C18H32N4O3S. The zero-order valence-electron chi connectivity index (χ0n) is 16.0. The molecule has 8 heteroatoms. The van der Waals surface area contributed by atoms with Crippen molar-refractivity contribution in [3.8, 4) is 0 Å². The summed E-state index contributed by atoms with van der Waals surface area (Å²) in [7, 11) is 0. The quantitative estimate of drug-likeness (QED) is 0.214. The first-order valence-corrected chi connectivity index (χ1v) is 10.4. The van der Waals surface area contributed by atoms with E-state index in [0.29, 0.717) is 18.8 Å². The topological polar surface area (TPSA) is 85.7 Å². The molecule has 1 fully saturated rings. The molecule has 0 bridgehead atoms. The van der Waals surface area contributed by atoms with E-state index in [2.05, 4.69) is 11.3 Å². The Balaban J connectivity index is 2.87. The van der Waals surface area contributed by atoms with Gasteiger partial charge in [0.25, 0.3) is 0 Å².